The second-order valence-electron chi connectivity index (χ2n) is 3.64. The zero-order chi connectivity index (χ0) is 10.2. The highest BCUT2D eigenvalue weighted by atomic mass is 16.1. The van der Waals surface area contributed by atoms with Gasteiger partial charge in [-0.3, -0.25) is 4.79 Å². The van der Waals surface area contributed by atoms with Crippen molar-refractivity contribution in [2.24, 2.45) is 5.92 Å². The van der Waals surface area contributed by atoms with E-state index in [4.69, 9.17) is 6.42 Å². The molecule has 1 aliphatic heterocycles. The molecule has 1 heterocycles. The molecule has 1 atom stereocenters. The zero-order valence-corrected chi connectivity index (χ0v) is 8.51. The summed E-state index contributed by atoms with van der Waals surface area (Å²) < 4.78 is 0. The smallest absolute Gasteiger partial charge is 0.224 e. The molecule has 78 valence electrons. The summed E-state index contributed by atoms with van der Waals surface area (Å²) in [5, 5.41) is 6.14. The monoisotopic (exact) mass is 194 g/mol. The minimum absolute atomic E-state index is 0.162. The predicted molar refractivity (Wildman–Crippen MR) is 56.7 cm³/mol. The van der Waals surface area contributed by atoms with Gasteiger partial charge in [0.1, 0.15) is 0 Å². The Morgan fingerprint density at radius 2 is 2.50 bits per heavy atom. The Balaban J connectivity index is 2.11. The molecule has 0 aromatic carbocycles. The molecular weight excluding hydrogens is 176 g/mol. The first-order chi connectivity index (χ1) is 6.84. The van der Waals surface area contributed by atoms with Crippen LogP contribution in [0.25, 0.3) is 0 Å². The number of unbranched alkanes of at least 4 members (excludes halogenated alkanes) is 1. The summed E-state index contributed by atoms with van der Waals surface area (Å²) in [5.74, 6) is 2.89. The Morgan fingerprint density at radius 1 is 1.64 bits per heavy atom. The second kappa shape index (κ2) is 6.44. The predicted octanol–water partition coefficient (Wildman–Crippen LogP) is 0.516. The molecule has 1 aliphatic rings. The second-order valence-corrected chi connectivity index (χ2v) is 3.64. The van der Waals surface area contributed by atoms with Crippen molar-refractivity contribution >= 4 is 5.91 Å². The maximum absolute atomic E-state index is 11.6. The van der Waals surface area contributed by atoms with Crippen LogP contribution < -0.4 is 10.6 Å². The van der Waals surface area contributed by atoms with E-state index >= 15 is 0 Å². The number of carbonyl (C=O) groups excluding carboxylic acids is 1. The summed E-state index contributed by atoms with van der Waals surface area (Å²) in [5.41, 5.74) is 0. The molecule has 0 aromatic rings. The van der Waals surface area contributed by atoms with Gasteiger partial charge in [-0.05, 0) is 25.8 Å². The van der Waals surface area contributed by atoms with Crippen LogP contribution in [0.5, 0.6) is 0 Å². The van der Waals surface area contributed by atoms with Crippen LogP contribution in [0.15, 0.2) is 0 Å². The molecule has 1 saturated heterocycles. The van der Waals surface area contributed by atoms with Crippen molar-refractivity contribution in [1.82, 2.24) is 10.6 Å². The van der Waals surface area contributed by atoms with Gasteiger partial charge in [-0.15, -0.1) is 12.3 Å². The molecule has 1 fully saturated rings. The topological polar surface area (TPSA) is 41.1 Å². The van der Waals surface area contributed by atoms with Crippen molar-refractivity contribution in [1.29, 1.82) is 0 Å². The molecule has 0 spiro atoms. The van der Waals surface area contributed by atoms with E-state index in [2.05, 4.69) is 16.6 Å². The zero-order valence-electron chi connectivity index (χ0n) is 8.51. The Hall–Kier alpha value is -1.01. The quantitative estimate of drug-likeness (QED) is 0.506. The molecule has 0 aliphatic carbocycles. The molecule has 0 aromatic heterocycles. The first-order valence-corrected chi connectivity index (χ1v) is 5.26. The number of rotatable bonds is 4. The highest BCUT2D eigenvalue weighted by Gasteiger charge is 2.19. The molecule has 14 heavy (non-hydrogen) atoms. The summed E-state index contributed by atoms with van der Waals surface area (Å²) in [6.07, 6.45) is 8.84. The highest BCUT2D eigenvalue weighted by molar-refractivity contribution is 5.78. The van der Waals surface area contributed by atoms with E-state index in [1.165, 1.54) is 0 Å². The van der Waals surface area contributed by atoms with Gasteiger partial charge in [-0.1, -0.05) is 0 Å². The van der Waals surface area contributed by atoms with Gasteiger partial charge in [0.2, 0.25) is 5.91 Å². The fourth-order valence-electron chi connectivity index (χ4n) is 1.62. The fourth-order valence-corrected chi connectivity index (χ4v) is 1.62. The van der Waals surface area contributed by atoms with E-state index in [9.17, 15) is 4.79 Å². The van der Waals surface area contributed by atoms with Gasteiger partial charge in [-0.25, -0.2) is 0 Å². The van der Waals surface area contributed by atoms with Crippen LogP contribution in [0.3, 0.4) is 0 Å². The number of piperidine rings is 1. The van der Waals surface area contributed by atoms with Gasteiger partial charge in [0, 0.05) is 19.5 Å². The first kappa shape index (κ1) is 11.1. The van der Waals surface area contributed by atoms with E-state index in [0.717, 1.165) is 38.8 Å². The summed E-state index contributed by atoms with van der Waals surface area (Å²) in [6.45, 7) is 2.57. The number of amides is 1. The number of nitrogens with one attached hydrogen (secondary N) is 2. The fraction of sp³-hybridized carbons (Fsp3) is 0.727. The Kier molecular flexibility index (Phi) is 5.09. The van der Waals surface area contributed by atoms with Gasteiger partial charge in [-0.2, -0.15) is 0 Å². The lowest BCUT2D eigenvalue weighted by molar-refractivity contribution is -0.125. The molecule has 0 saturated carbocycles. The number of terminal acetylenes is 1. The maximum Gasteiger partial charge on any atom is 0.224 e. The Morgan fingerprint density at radius 3 is 3.14 bits per heavy atom. The van der Waals surface area contributed by atoms with Crippen LogP contribution >= 0.6 is 0 Å². The van der Waals surface area contributed by atoms with Crippen LogP contribution in [-0.4, -0.2) is 25.5 Å². The maximum atomic E-state index is 11.6. The molecule has 0 unspecified atom stereocenters. The summed E-state index contributed by atoms with van der Waals surface area (Å²) in [6, 6.07) is 0. The number of carbonyl (C=O) groups is 1. The molecular formula is C11H18N2O. The molecule has 1 amide bonds. The molecule has 0 radical (unpaired) electrons. The minimum atomic E-state index is 0.162. The van der Waals surface area contributed by atoms with Gasteiger partial charge in [0.15, 0.2) is 0 Å². The normalized spacial score (nSPS) is 21.2. The van der Waals surface area contributed by atoms with Crippen molar-refractivity contribution < 1.29 is 4.79 Å². The van der Waals surface area contributed by atoms with Crippen LogP contribution in [0.4, 0.5) is 0 Å². The van der Waals surface area contributed by atoms with E-state index in [1.54, 1.807) is 0 Å². The number of hydrogen-bond donors (Lipinski definition) is 2. The first-order valence-electron chi connectivity index (χ1n) is 5.26. The average Bonchev–Trinajstić information content (AvgIpc) is 2.25. The van der Waals surface area contributed by atoms with Crippen LogP contribution in [0, 0.1) is 18.3 Å². The van der Waals surface area contributed by atoms with Crippen molar-refractivity contribution in [3.8, 4) is 12.3 Å². The lowest BCUT2D eigenvalue weighted by Gasteiger charge is -2.21. The third kappa shape index (κ3) is 3.80. The van der Waals surface area contributed by atoms with Crippen LogP contribution in [0.2, 0.25) is 0 Å². The molecule has 0 bridgehead atoms. The van der Waals surface area contributed by atoms with E-state index in [0.29, 0.717) is 6.54 Å². The molecule has 1 rings (SSSR count). The summed E-state index contributed by atoms with van der Waals surface area (Å²) >= 11 is 0. The third-order valence-corrected chi connectivity index (χ3v) is 2.46. The lowest BCUT2D eigenvalue weighted by atomic mass is 9.99. The van der Waals surface area contributed by atoms with E-state index in [-0.39, 0.29) is 11.8 Å². The SMILES string of the molecule is C#CCCCNC(=O)[C@H]1CCCNC1. The third-order valence-electron chi connectivity index (χ3n) is 2.46. The van der Waals surface area contributed by atoms with Gasteiger partial charge < -0.3 is 10.6 Å². The standard InChI is InChI=1S/C11H18N2O/c1-2-3-4-8-13-11(14)10-6-5-7-12-9-10/h1,10,12H,3-9H2,(H,13,14)/t10-/m0/s1. The largest absolute Gasteiger partial charge is 0.356 e. The summed E-state index contributed by atoms with van der Waals surface area (Å²) in [4.78, 5) is 11.6. The lowest BCUT2D eigenvalue weighted by Crippen LogP contribution is -2.40. The molecule has 2 N–H and O–H groups in total. The summed E-state index contributed by atoms with van der Waals surface area (Å²) in [7, 11) is 0. The van der Waals surface area contributed by atoms with Crippen LogP contribution in [0.1, 0.15) is 25.7 Å². The average molecular weight is 194 g/mol. The van der Waals surface area contributed by atoms with Gasteiger partial charge in [0.05, 0.1) is 5.92 Å². The highest BCUT2D eigenvalue weighted by Crippen LogP contribution is 2.09. The number of hydrogen-bond acceptors (Lipinski definition) is 2. The Bertz CT molecular complexity index is 214. The van der Waals surface area contributed by atoms with Gasteiger partial charge in [0.25, 0.3) is 0 Å². The Labute approximate surface area is 85.6 Å². The van der Waals surface area contributed by atoms with Crippen molar-refractivity contribution in [3.05, 3.63) is 0 Å². The van der Waals surface area contributed by atoms with Crippen molar-refractivity contribution in [2.75, 3.05) is 19.6 Å². The van der Waals surface area contributed by atoms with Crippen molar-refractivity contribution in [3.63, 3.8) is 0 Å². The minimum Gasteiger partial charge on any atom is -0.356 e. The molecule has 3 heteroatoms. The van der Waals surface area contributed by atoms with E-state index in [1.807, 2.05) is 0 Å². The molecule has 3 nitrogen and oxygen atoms in total. The van der Waals surface area contributed by atoms with E-state index < -0.39 is 0 Å². The van der Waals surface area contributed by atoms with Crippen molar-refractivity contribution in [2.45, 2.75) is 25.7 Å². The van der Waals surface area contributed by atoms with Crippen LogP contribution in [-0.2, 0) is 4.79 Å². The van der Waals surface area contributed by atoms with Gasteiger partial charge >= 0.3 is 0 Å².